The van der Waals surface area contributed by atoms with Crippen LogP contribution in [0, 0.1) is 34.9 Å². The number of carbonyl (C=O) groups excluding carboxylic acids is 4. The molecule has 2 unspecified atom stereocenters. The Hall–Kier alpha value is -4.60. The van der Waals surface area contributed by atoms with Crippen LogP contribution in [-0.2, 0) is 19.1 Å². The number of carboxylic acids is 2. The molecule has 2 aromatic heterocycles. The van der Waals surface area contributed by atoms with Crippen LogP contribution in [0.1, 0.15) is 145 Å². The number of halogens is 6. The Balaban J connectivity index is 0.000000380. The predicted molar refractivity (Wildman–Crippen MR) is 260 cm³/mol. The van der Waals surface area contributed by atoms with Gasteiger partial charge in [-0.05, 0) is 99.2 Å². The molecule has 0 aliphatic carbocycles. The van der Waals surface area contributed by atoms with Gasteiger partial charge in [-0.3, -0.25) is 9.59 Å². The SMILES string of the molecule is CCCCOC(CC)c1cccc(-c2csc(C(=O)c3cc(F)c(C=C(C)C(=O)[O-])c(F)c3)n2)c1F.CCCCOC(CC)c1cccc(-c2csc(C(=O)c3cc(F)c(C=C(C)C(=O)[O-])c(F)c3)n2)c1F.[Na+].[Na+]. The minimum absolute atomic E-state index is 0. The monoisotopic (exact) mass is 1080 g/mol. The summed E-state index contributed by atoms with van der Waals surface area (Å²) in [6.07, 6.45) is 5.55. The summed E-state index contributed by atoms with van der Waals surface area (Å²) >= 11 is 1.84. The zero-order valence-electron chi connectivity index (χ0n) is 42.1. The summed E-state index contributed by atoms with van der Waals surface area (Å²) in [4.78, 5) is 55.9. The van der Waals surface area contributed by atoms with Crippen LogP contribution in [0.15, 0.2) is 82.6 Å². The van der Waals surface area contributed by atoms with Crippen molar-refractivity contribution in [2.24, 2.45) is 0 Å². The van der Waals surface area contributed by atoms with E-state index in [4.69, 9.17) is 9.47 Å². The Morgan fingerprint density at radius 3 is 1.22 bits per heavy atom. The van der Waals surface area contributed by atoms with Crippen molar-refractivity contribution >= 4 is 58.3 Å². The van der Waals surface area contributed by atoms with Crippen LogP contribution in [0.2, 0.25) is 0 Å². The minimum Gasteiger partial charge on any atom is -0.545 e. The fourth-order valence-electron chi connectivity index (χ4n) is 7.10. The Morgan fingerprint density at radius 2 is 0.919 bits per heavy atom. The molecule has 0 fully saturated rings. The molecule has 0 amide bonds. The van der Waals surface area contributed by atoms with Crippen molar-refractivity contribution in [1.29, 1.82) is 0 Å². The number of hydrogen-bond donors (Lipinski definition) is 0. The smallest absolute Gasteiger partial charge is 0.545 e. The first kappa shape index (κ1) is 63.7. The third-order valence-electron chi connectivity index (χ3n) is 11.1. The Labute approximate surface area is 477 Å². The molecule has 6 aromatic rings. The first-order valence-corrected chi connectivity index (χ1v) is 24.7. The van der Waals surface area contributed by atoms with Gasteiger partial charge in [0.2, 0.25) is 11.6 Å². The van der Waals surface area contributed by atoms with Crippen molar-refractivity contribution in [2.45, 2.75) is 92.3 Å². The van der Waals surface area contributed by atoms with Crippen LogP contribution in [-0.4, -0.2) is 46.7 Å². The molecule has 0 radical (unpaired) electrons. The number of carbonyl (C=O) groups is 4. The molecule has 2 atom stereocenters. The zero-order chi connectivity index (χ0) is 52.8. The maximum atomic E-state index is 15.4. The van der Waals surface area contributed by atoms with Gasteiger partial charge in [0, 0.05) is 68.5 Å². The van der Waals surface area contributed by atoms with E-state index < -0.39 is 81.7 Å². The standard InChI is InChI=1S/2C27H26F3NO4S.2Na/c2*1-4-6-10-35-23(5-2)18-9-7-8-17(24(18)30)22-14-36-26(31-22)25(32)16-12-20(28)19(21(29)13-16)11-15(3)27(33)34;;/h2*7-9,11-14,23H,4-6,10H2,1-3H3,(H,33,34);;/q;;2*+1/p-2. The first-order chi connectivity index (χ1) is 34.3. The molecule has 0 aliphatic rings. The molecule has 0 aliphatic heterocycles. The summed E-state index contributed by atoms with van der Waals surface area (Å²) in [5.74, 6) is -10.1. The van der Waals surface area contributed by atoms with Gasteiger partial charge >= 0.3 is 59.1 Å². The van der Waals surface area contributed by atoms with Gasteiger partial charge in [-0.1, -0.05) is 64.8 Å². The van der Waals surface area contributed by atoms with Gasteiger partial charge in [0.25, 0.3) is 0 Å². The summed E-state index contributed by atoms with van der Waals surface area (Å²) in [7, 11) is 0. The maximum absolute atomic E-state index is 15.4. The number of rotatable bonds is 22. The summed E-state index contributed by atoms with van der Waals surface area (Å²) in [6.45, 7) is 11.2. The number of hydrogen-bond acceptors (Lipinski definition) is 12. The third-order valence-corrected chi connectivity index (χ3v) is 12.8. The minimum atomic E-state index is -1.57. The fraction of sp³-hybridized carbons (Fsp3) is 0.296. The summed E-state index contributed by atoms with van der Waals surface area (Å²) in [6, 6.07) is 13.0. The van der Waals surface area contributed by atoms with Gasteiger partial charge in [0.15, 0.2) is 10.0 Å². The van der Waals surface area contributed by atoms with E-state index in [2.05, 4.69) is 9.97 Å². The van der Waals surface area contributed by atoms with Crippen molar-refractivity contribution < 1.29 is 124 Å². The number of carboxylic acid groups (broad SMARTS) is 2. The molecule has 0 saturated heterocycles. The molecule has 380 valence electrons. The van der Waals surface area contributed by atoms with Gasteiger partial charge in [-0.15, -0.1) is 22.7 Å². The number of thiazole rings is 2. The van der Waals surface area contributed by atoms with E-state index in [1.165, 1.54) is 10.8 Å². The molecule has 0 spiro atoms. The quantitative estimate of drug-likeness (QED) is 0.0269. The molecule has 0 bridgehead atoms. The van der Waals surface area contributed by atoms with Crippen molar-refractivity contribution in [1.82, 2.24) is 9.97 Å². The molecule has 4 aromatic carbocycles. The summed E-state index contributed by atoms with van der Waals surface area (Å²) in [5.41, 5.74) is -0.948. The van der Waals surface area contributed by atoms with Crippen LogP contribution in [0.4, 0.5) is 26.3 Å². The fourth-order valence-corrected chi connectivity index (χ4v) is 8.65. The molecular formula is C54H50F6N2Na2O8S2. The molecule has 0 N–H and O–H groups in total. The number of aromatic nitrogens is 2. The van der Waals surface area contributed by atoms with Crippen LogP contribution < -0.4 is 69.3 Å². The average Bonchev–Trinajstić information content (AvgIpc) is 4.06. The number of aliphatic carboxylic acids is 2. The van der Waals surface area contributed by atoms with Gasteiger partial charge in [0.1, 0.15) is 34.9 Å². The largest absolute Gasteiger partial charge is 1.00 e. The van der Waals surface area contributed by atoms with Crippen LogP contribution in [0.5, 0.6) is 0 Å². The Bertz CT molecular complexity index is 2770. The van der Waals surface area contributed by atoms with Crippen molar-refractivity contribution in [2.75, 3.05) is 13.2 Å². The average molecular weight is 1080 g/mol. The molecule has 74 heavy (non-hydrogen) atoms. The van der Waals surface area contributed by atoms with E-state index in [-0.39, 0.29) is 114 Å². The van der Waals surface area contributed by atoms with E-state index in [1.54, 1.807) is 36.4 Å². The number of ketones is 2. The molecule has 6 rings (SSSR count). The van der Waals surface area contributed by atoms with Crippen LogP contribution in [0.25, 0.3) is 34.7 Å². The molecular weight excluding hydrogens is 1030 g/mol. The van der Waals surface area contributed by atoms with Crippen molar-refractivity contribution in [3.05, 3.63) is 161 Å². The molecule has 10 nitrogen and oxygen atoms in total. The second kappa shape index (κ2) is 30.2. The van der Waals surface area contributed by atoms with Gasteiger partial charge in [-0.25, -0.2) is 36.3 Å². The molecule has 2 heterocycles. The van der Waals surface area contributed by atoms with Gasteiger partial charge in [0.05, 0.1) is 35.5 Å². The van der Waals surface area contributed by atoms with E-state index in [1.807, 2.05) is 27.7 Å². The summed E-state index contributed by atoms with van der Waals surface area (Å²) in [5, 5.41) is 24.5. The number of unbranched alkanes of at least 4 members (excludes halogenated alkanes) is 2. The van der Waals surface area contributed by atoms with Gasteiger partial charge in [-0.2, -0.15) is 0 Å². The maximum Gasteiger partial charge on any atom is 1.00 e. The topological polar surface area (TPSA) is 159 Å². The Kier molecular flexibility index (Phi) is 26.0. The van der Waals surface area contributed by atoms with E-state index in [9.17, 15) is 47.0 Å². The zero-order valence-corrected chi connectivity index (χ0v) is 47.8. The second-order valence-corrected chi connectivity index (χ2v) is 18.0. The Morgan fingerprint density at radius 1 is 0.581 bits per heavy atom. The van der Waals surface area contributed by atoms with Crippen LogP contribution >= 0.6 is 22.7 Å². The number of benzene rings is 4. The first-order valence-electron chi connectivity index (χ1n) is 22.9. The van der Waals surface area contributed by atoms with E-state index in [0.717, 1.165) is 98.6 Å². The summed E-state index contributed by atoms with van der Waals surface area (Å²) < 4.78 is 100. The third kappa shape index (κ3) is 16.2. The van der Waals surface area contributed by atoms with Crippen LogP contribution in [0.3, 0.4) is 0 Å². The number of ether oxygens (including phenoxy) is 2. The molecule has 20 heteroatoms. The van der Waals surface area contributed by atoms with E-state index >= 15 is 8.78 Å². The molecule has 0 saturated carbocycles. The van der Waals surface area contributed by atoms with Crippen molar-refractivity contribution in [3.8, 4) is 22.5 Å². The number of nitrogens with zero attached hydrogens (tertiary/aromatic N) is 2. The van der Waals surface area contributed by atoms with Crippen molar-refractivity contribution in [3.63, 3.8) is 0 Å². The van der Waals surface area contributed by atoms with Gasteiger partial charge < -0.3 is 29.3 Å². The normalized spacial score (nSPS) is 12.2. The predicted octanol–water partition coefficient (Wildman–Crippen LogP) is 5.77. The van der Waals surface area contributed by atoms with E-state index in [0.29, 0.717) is 37.2 Å². The second-order valence-electron chi connectivity index (χ2n) is 16.3.